The van der Waals surface area contributed by atoms with E-state index in [0.29, 0.717) is 19.5 Å². The zero-order chi connectivity index (χ0) is 12.4. The van der Waals surface area contributed by atoms with Crippen LogP contribution in [0.3, 0.4) is 0 Å². The second-order valence-corrected chi connectivity index (χ2v) is 4.11. The van der Waals surface area contributed by atoms with Crippen LogP contribution in [-0.2, 0) is 0 Å². The number of hydrogen-bond donors (Lipinski definition) is 1. The van der Waals surface area contributed by atoms with E-state index < -0.39 is 22.5 Å². The van der Waals surface area contributed by atoms with Crippen LogP contribution in [0.4, 0.5) is 15.8 Å². The van der Waals surface area contributed by atoms with E-state index in [2.05, 4.69) is 0 Å². The number of aliphatic hydroxyl groups excluding tert-OH is 1. The number of piperidine rings is 1. The average molecular weight is 240 g/mol. The van der Waals surface area contributed by atoms with Crippen molar-refractivity contribution in [3.8, 4) is 0 Å². The van der Waals surface area contributed by atoms with Gasteiger partial charge in [-0.25, -0.2) is 0 Å². The highest BCUT2D eigenvalue weighted by molar-refractivity contribution is 5.64. The molecule has 1 atom stereocenters. The fourth-order valence-electron chi connectivity index (χ4n) is 2.11. The lowest BCUT2D eigenvalue weighted by molar-refractivity contribution is -0.386. The van der Waals surface area contributed by atoms with Crippen LogP contribution in [0.5, 0.6) is 0 Å². The highest BCUT2D eigenvalue weighted by Crippen LogP contribution is 2.32. The summed E-state index contributed by atoms with van der Waals surface area (Å²) < 4.78 is 13.4. The Kier molecular flexibility index (Phi) is 3.23. The summed E-state index contributed by atoms with van der Waals surface area (Å²) in [5, 5.41) is 20.4. The predicted octanol–water partition coefficient (Wildman–Crippen LogP) is 1.69. The van der Waals surface area contributed by atoms with Gasteiger partial charge < -0.3 is 10.0 Å². The molecule has 0 spiro atoms. The van der Waals surface area contributed by atoms with Gasteiger partial charge in [-0.1, -0.05) is 6.07 Å². The van der Waals surface area contributed by atoms with Crippen molar-refractivity contribution >= 4 is 11.4 Å². The van der Waals surface area contributed by atoms with E-state index >= 15 is 0 Å². The minimum absolute atomic E-state index is 0.244. The third-order valence-electron chi connectivity index (χ3n) is 2.89. The molecular formula is C11H13FN2O3. The van der Waals surface area contributed by atoms with Gasteiger partial charge in [-0.2, -0.15) is 4.39 Å². The Bertz CT molecular complexity index is 439. The highest BCUT2D eigenvalue weighted by atomic mass is 19.1. The number of nitro benzene ring substituents is 1. The number of benzene rings is 1. The number of aliphatic hydroxyl groups is 1. The molecule has 5 nitrogen and oxygen atoms in total. The van der Waals surface area contributed by atoms with Gasteiger partial charge in [0.1, 0.15) is 5.69 Å². The number of hydrogen-bond acceptors (Lipinski definition) is 4. The first-order valence-electron chi connectivity index (χ1n) is 5.45. The summed E-state index contributed by atoms with van der Waals surface area (Å²) in [4.78, 5) is 11.8. The van der Waals surface area contributed by atoms with Gasteiger partial charge in [0.05, 0.1) is 11.0 Å². The number of anilines is 1. The Morgan fingerprint density at radius 3 is 2.94 bits per heavy atom. The Morgan fingerprint density at radius 2 is 2.29 bits per heavy atom. The molecule has 0 unspecified atom stereocenters. The Hall–Kier alpha value is -1.69. The van der Waals surface area contributed by atoms with Crippen molar-refractivity contribution in [2.75, 3.05) is 18.0 Å². The van der Waals surface area contributed by atoms with Gasteiger partial charge in [-0.05, 0) is 25.0 Å². The molecule has 92 valence electrons. The fraction of sp³-hybridized carbons (Fsp3) is 0.455. The summed E-state index contributed by atoms with van der Waals surface area (Å²) in [5.41, 5.74) is -0.268. The lowest BCUT2D eigenvalue weighted by atomic mass is 10.1. The van der Waals surface area contributed by atoms with E-state index in [-0.39, 0.29) is 5.69 Å². The smallest absolute Gasteiger partial charge is 0.327 e. The molecule has 2 rings (SSSR count). The minimum atomic E-state index is -0.840. The summed E-state index contributed by atoms with van der Waals surface area (Å²) >= 11 is 0. The highest BCUT2D eigenvalue weighted by Gasteiger charge is 2.27. The number of halogens is 1. The predicted molar refractivity (Wildman–Crippen MR) is 60.5 cm³/mol. The molecule has 0 saturated carbocycles. The van der Waals surface area contributed by atoms with Crippen molar-refractivity contribution < 1.29 is 14.4 Å². The molecule has 0 bridgehead atoms. The minimum Gasteiger partial charge on any atom is -0.391 e. The van der Waals surface area contributed by atoms with Gasteiger partial charge in [0, 0.05) is 13.1 Å². The second-order valence-electron chi connectivity index (χ2n) is 4.11. The summed E-state index contributed by atoms with van der Waals surface area (Å²) in [6.07, 6.45) is 0.917. The van der Waals surface area contributed by atoms with Gasteiger partial charge >= 0.3 is 5.69 Å². The van der Waals surface area contributed by atoms with E-state index in [0.717, 1.165) is 12.5 Å². The topological polar surface area (TPSA) is 66.6 Å². The van der Waals surface area contributed by atoms with Crippen LogP contribution >= 0.6 is 0 Å². The van der Waals surface area contributed by atoms with Crippen molar-refractivity contribution in [1.82, 2.24) is 0 Å². The molecule has 1 aromatic carbocycles. The van der Waals surface area contributed by atoms with Gasteiger partial charge in [0.15, 0.2) is 0 Å². The molecule has 0 aromatic heterocycles. The van der Waals surface area contributed by atoms with Crippen LogP contribution in [0.15, 0.2) is 18.2 Å². The molecule has 17 heavy (non-hydrogen) atoms. The third kappa shape index (κ3) is 2.36. The number of β-amino-alcohol motifs (C(OH)–C–C–N with tert-alkyl or cyclic N) is 1. The summed E-state index contributed by atoms with van der Waals surface area (Å²) in [6.45, 7) is 0.908. The molecule has 1 aromatic rings. The summed E-state index contributed by atoms with van der Waals surface area (Å²) in [6, 6.07) is 4.03. The zero-order valence-corrected chi connectivity index (χ0v) is 9.17. The fourth-order valence-corrected chi connectivity index (χ4v) is 2.11. The molecule has 0 radical (unpaired) electrons. The number of nitro groups is 1. The number of rotatable bonds is 2. The quantitative estimate of drug-likeness (QED) is 0.631. The van der Waals surface area contributed by atoms with Crippen LogP contribution in [0, 0.1) is 15.9 Å². The molecular weight excluding hydrogens is 227 g/mol. The van der Waals surface area contributed by atoms with Crippen LogP contribution in [0.1, 0.15) is 12.8 Å². The average Bonchev–Trinajstić information content (AvgIpc) is 2.28. The molecule has 1 saturated heterocycles. The molecule has 1 aliphatic heterocycles. The molecule has 1 heterocycles. The van der Waals surface area contributed by atoms with E-state index in [9.17, 15) is 19.6 Å². The zero-order valence-electron chi connectivity index (χ0n) is 9.17. The van der Waals surface area contributed by atoms with E-state index in [4.69, 9.17) is 0 Å². The maximum Gasteiger partial charge on any atom is 0.327 e. The Labute approximate surface area is 97.6 Å². The molecule has 1 fully saturated rings. The Balaban J connectivity index is 2.37. The van der Waals surface area contributed by atoms with Crippen LogP contribution < -0.4 is 4.90 Å². The van der Waals surface area contributed by atoms with E-state index in [1.54, 1.807) is 4.90 Å². The summed E-state index contributed by atoms with van der Waals surface area (Å²) in [5.74, 6) is -0.840. The summed E-state index contributed by atoms with van der Waals surface area (Å²) in [7, 11) is 0. The van der Waals surface area contributed by atoms with Gasteiger partial charge in [0.25, 0.3) is 0 Å². The van der Waals surface area contributed by atoms with Crippen molar-refractivity contribution in [2.45, 2.75) is 18.9 Å². The van der Waals surface area contributed by atoms with E-state index in [1.165, 1.54) is 12.1 Å². The number of para-hydroxylation sites is 1. The maximum absolute atomic E-state index is 13.4. The van der Waals surface area contributed by atoms with Gasteiger partial charge in [0.2, 0.25) is 5.82 Å². The van der Waals surface area contributed by atoms with E-state index in [1.807, 2.05) is 0 Å². The third-order valence-corrected chi connectivity index (χ3v) is 2.89. The first-order valence-corrected chi connectivity index (χ1v) is 5.45. The monoisotopic (exact) mass is 240 g/mol. The van der Waals surface area contributed by atoms with Crippen molar-refractivity contribution in [2.24, 2.45) is 0 Å². The maximum atomic E-state index is 13.4. The number of nitrogens with zero attached hydrogens (tertiary/aromatic N) is 2. The lowest BCUT2D eigenvalue weighted by Gasteiger charge is -2.31. The van der Waals surface area contributed by atoms with Crippen LogP contribution in [0.25, 0.3) is 0 Å². The molecule has 1 N–H and O–H groups in total. The SMILES string of the molecule is O=[N+]([O-])c1c(F)cccc1N1CCC[C@H](O)C1. The molecule has 0 aliphatic carbocycles. The largest absolute Gasteiger partial charge is 0.391 e. The van der Waals surface area contributed by atoms with Crippen molar-refractivity contribution in [3.63, 3.8) is 0 Å². The molecule has 1 aliphatic rings. The first kappa shape index (κ1) is 11.8. The second kappa shape index (κ2) is 4.67. The van der Waals surface area contributed by atoms with Crippen molar-refractivity contribution in [3.05, 3.63) is 34.1 Å². The van der Waals surface area contributed by atoms with Crippen molar-refractivity contribution in [1.29, 1.82) is 0 Å². The lowest BCUT2D eigenvalue weighted by Crippen LogP contribution is -2.38. The molecule has 0 amide bonds. The Morgan fingerprint density at radius 1 is 1.53 bits per heavy atom. The van der Waals surface area contributed by atoms with Crippen LogP contribution in [0.2, 0.25) is 0 Å². The van der Waals surface area contributed by atoms with Gasteiger partial charge in [-0.3, -0.25) is 10.1 Å². The first-order chi connectivity index (χ1) is 8.09. The standard InChI is InChI=1S/C11H13FN2O3/c12-9-4-1-5-10(11(9)14(16)17)13-6-2-3-8(15)7-13/h1,4-5,8,15H,2-3,6-7H2/t8-/m0/s1. The van der Waals surface area contributed by atoms with Crippen LogP contribution in [-0.4, -0.2) is 29.2 Å². The molecule has 6 heteroatoms. The normalized spacial score (nSPS) is 20.4. The van der Waals surface area contributed by atoms with Gasteiger partial charge in [-0.15, -0.1) is 0 Å².